The van der Waals surface area contributed by atoms with E-state index in [-0.39, 0.29) is 10.6 Å². The highest BCUT2D eigenvalue weighted by Gasteiger charge is 2.21. The molecule has 112 valence electrons. The summed E-state index contributed by atoms with van der Waals surface area (Å²) in [6.45, 7) is 2.68. The van der Waals surface area contributed by atoms with Crippen LogP contribution in [0.5, 0.6) is 0 Å². The highest BCUT2D eigenvalue weighted by Crippen LogP contribution is 2.32. The number of aliphatic hydroxyl groups is 1. The predicted octanol–water partition coefficient (Wildman–Crippen LogP) is 1.81. The monoisotopic (exact) mass is 308 g/mol. The number of aryl methyl sites for hydroxylation is 1. The molecule has 1 atom stereocenters. The van der Waals surface area contributed by atoms with Crippen LogP contribution in [0.25, 0.3) is 0 Å². The smallest absolute Gasteiger partial charge is 0.338 e. The van der Waals surface area contributed by atoms with E-state index in [1.54, 1.807) is 13.8 Å². The largest absolute Gasteiger partial charge is 0.478 e. The van der Waals surface area contributed by atoms with Gasteiger partial charge in [0, 0.05) is 4.88 Å². The molecule has 1 heterocycles. The number of thiophene rings is 1. The molecular formula is C11H14F2N2O4S. The first-order valence-electron chi connectivity index (χ1n) is 5.58. The van der Waals surface area contributed by atoms with Crippen LogP contribution in [0.15, 0.2) is 0 Å². The van der Waals surface area contributed by atoms with Gasteiger partial charge in [0.2, 0.25) is 0 Å². The van der Waals surface area contributed by atoms with Crippen molar-refractivity contribution in [2.24, 2.45) is 0 Å². The summed E-state index contributed by atoms with van der Waals surface area (Å²) in [4.78, 5) is 23.3. The van der Waals surface area contributed by atoms with E-state index < -0.39 is 31.1 Å². The average Bonchev–Trinajstić information content (AvgIpc) is 2.61. The highest BCUT2D eigenvalue weighted by atomic mass is 32.1. The van der Waals surface area contributed by atoms with Crippen molar-refractivity contribution in [1.82, 2.24) is 5.32 Å². The molecule has 9 heteroatoms. The molecule has 0 aromatic carbocycles. The fourth-order valence-electron chi connectivity index (χ4n) is 1.41. The third-order valence-corrected chi connectivity index (χ3v) is 3.71. The number of carboxylic acid groups (broad SMARTS) is 1. The van der Waals surface area contributed by atoms with Crippen molar-refractivity contribution in [2.75, 3.05) is 11.9 Å². The predicted molar refractivity (Wildman–Crippen MR) is 69.8 cm³/mol. The summed E-state index contributed by atoms with van der Waals surface area (Å²) in [6.07, 6.45) is -4.93. The van der Waals surface area contributed by atoms with E-state index >= 15 is 0 Å². The molecule has 0 saturated carbocycles. The molecule has 0 aliphatic carbocycles. The van der Waals surface area contributed by atoms with Crippen LogP contribution in [-0.2, 0) is 0 Å². The summed E-state index contributed by atoms with van der Waals surface area (Å²) in [5, 5.41) is 22.3. The average molecular weight is 308 g/mol. The number of carboxylic acids is 1. The van der Waals surface area contributed by atoms with Crippen LogP contribution in [0.1, 0.15) is 20.8 Å². The van der Waals surface area contributed by atoms with Crippen molar-refractivity contribution >= 4 is 28.3 Å². The molecule has 1 aromatic heterocycles. The Hall–Kier alpha value is -1.74. The lowest BCUT2D eigenvalue weighted by molar-refractivity contribution is -0.00155. The van der Waals surface area contributed by atoms with Gasteiger partial charge in [0.05, 0.1) is 12.1 Å². The molecule has 2 amide bonds. The molecule has 0 radical (unpaired) electrons. The van der Waals surface area contributed by atoms with Crippen LogP contribution >= 0.6 is 11.3 Å². The number of aromatic carboxylic acids is 1. The topological polar surface area (TPSA) is 98.7 Å². The summed E-state index contributed by atoms with van der Waals surface area (Å²) in [6, 6.07) is -0.853. The third kappa shape index (κ3) is 3.87. The number of hydrogen-bond donors (Lipinski definition) is 4. The van der Waals surface area contributed by atoms with Gasteiger partial charge in [0.25, 0.3) is 6.43 Å². The molecule has 0 saturated heterocycles. The van der Waals surface area contributed by atoms with Gasteiger partial charge in [-0.05, 0) is 19.4 Å². The molecule has 6 nitrogen and oxygen atoms in total. The van der Waals surface area contributed by atoms with Crippen molar-refractivity contribution in [1.29, 1.82) is 0 Å². The number of urea groups is 1. The number of hydrogen-bond acceptors (Lipinski definition) is 4. The van der Waals surface area contributed by atoms with Gasteiger partial charge in [-0.1, -0.05) is 0 Å². The Kier molecular flexibility index (Phi) is 5.40. The lowest BCUT2D eigenvalue weighted by atomic mass is 10.1. The van der Waals surface area contributed by atoms with Crippen molar-refractivity contribution in [2.45, 2.75) is 26.4 Å². The fraction of sp³-hybridized carbons (Fsp3) is 0.455. The maximum absolute atomic E-state index is 12.0. The van der Waals surface area contributed by atoms with E-state index in [1.807, 2.05) is 5.32 Å². The summed E-state index contributed by atoms with van der Waals surface area (Å²) >= 11 is 1.07. The summed E-state index contributed by atoms with van der Waals surface area (Å²) < 4.78 is 24.1. The van der Waals surface area contributed by atoms with E-state index in [9.17, 15) is 18.4 Å². The third-order valence-electron chi connectivity index (χ3n) is 2.59. The van der Waals surface area contributed by atoms with Crippen molar-refractivity contribution in [3.05, 3.63) is 16.0 Å². The Morgan fingerprint density at radius 1 is 1.35 bits per heavy atom. The van der Waals surface area contributed by atoms with Gasteiger partial charge in [-0.2, -0.15) is 0 Å². The SMILES string of the molecule is Cc1sc(NC(=O)NCC(O)C(F)F)c(C(=O)O)c1C. The number of rotatable bonds is 5. The maximum Gasteiger partial charge on any atom is 0.338 e. The lowest BCUT2D eigenvalue weighted by Crippen LogP contribution is -2.38. The quantitative estimate of drug-likeness (QED) is 0.666. The summed E-state index contributed by atoms with van der Waals surface area (Å²) in [5.74, 6) is -1.19. The molecule has 20 heavy (non-hydrogen) atoms. The van der Waals surface area contributed by atoms with Crippen molar-refractivity contribution < 1.29 is 28.6 Å². The zero-order valence-corrected chi connectivity index (χ0v) is 11.6. The van der Waals surface area contributed by atoms with Crippen LogP contribution in [0.3, 0.4) is 0 Å². The number of carbonyl (C=O) groups is 2. The van der Waals surface area contributed by atoms with Crippen LogP contribution in [0, 0.1) is 13.8 Å². The lowest BCUT2D eigenvalue weighted by Gasteiger charge is -2.11. The van der Waals surface area contributed by atoms with Crippen LogP contribution in [0.2, 0.25) is 0 Å². The van der Waals surface area contributed by atoms with Gasteiger partial charge in [0.15, 0.2) is 0 Å². The molecular weight excluding hydrogens is 294 g/mol. The second kappa shape index (κ2) is 6.62. The Morgan fingerprint density at radius 3 is 2.45 bits per heavy atom. The molecule has 1 unspecified atom stereocenters. The highest BCUT2D eigenvalue weighted by molar-refractivity contribution is 7.16. The minimum atomic E-state index is -2.96. The number of halogens is 2. The molecule has 0 aliphatic rings. The first kappa shape index (κ1) is 16.3. The second-order valence-corrected chi connectivity index (χ2v) is 5.25. The molecule has 0 aliphatic heterocycles. The van der Waals surface area contributed by atoms with E-state index in [4.69, 9.17) is 10.2 Å². The minimum absolute atomic E-state index is 0.0305. The van der Waals surface area contributed by atoms with Gasteiger partial charge in [-0.15, -0.1) is 11.3 Å². The molecule has 0 bridgehead atoms. The first-order valence-corrected chi connectivity index (χ1v) is 6.40. The van der Waals surface area contributed by atoms with E-state index in [1.165, 1.54) is 0 Å². The van der Waals surface area contributed by atoms with Gasteiger partial charge in [-0.25, -0.2) is 18.4 Å². The van der Waals surface area contributed by atoms with Crippen LogP contribution in [0.4, 0.5) is 18.6 Å². The molecule has 1 aromatic rings. The van der Waals surface area contributed by atoms with E-state index in [2.05, 4.69) is 5.32 Å². The number of alkyl halides is 2. The summed E-state index contributed by atoms with van der Waals surface area (Å²) in [5.41, 5.74) is 0.502. The molecule has 0 spiro atoms. The molecule has 4 N–H and O–H groups in total. The van der Waals surface area contributed by atoms with Gasteiger partial charge in [-0.3, -0.25) is 5.32 Å². The van der Waals surface area contributed by atoms with Gasteiger partial charge >= 0.3 is 12.0 Å². The number of aliphatic hydroxyl groups excluding tert-OH is 1. The fourth-order valence-corrected chi connectivity index (χ4v) is 2.45. The zero-order valence-electron chi connectivity index (χ0n) is 10.7. The number of nitrogens with one attached hydrogen (secondary N) is 2. The standard InChI is InChI=1S/C11H14F2N2O4S/c1-4-5(2)20-9(7(4)10(17)18)15-11(19)14-3-6(16)8(12)13/h6,8,16H,3H2,1-2H3,(H,17,18)(H2,14,15,19). The van der Waals surface area contributed by atoms with E-state index in [0.29, 0.717) is 5.56 Å². The Labute approximate surface area is 117 Å². The Balaban J connectivity index is 2.72. The number of anilines is 1. The Morgan fingerprint density at radius 2 is 1.95 bits per heavy atom. The molecule has 1 rings (SSSR count). The number of carbonyl (C=O) groups excluding carboxylic acids is 1. The second-order valence-electron chi connectivity index (χ2n) is 4.03. The minimum Gasteiger partial charge on any atom is -0.478 e. The zero-order chi connectivity index (χ0) is 15.4. The number of amides is 2. The van der Waals surface area contributed by atoms with E-state index in [0.717, 1.165) is 16.2 Å². The summed E-state index contributed by atoms with van der Waals surface area (Å²) in [7, 11) is 0. The van der Waals surface area contributed by atoms with Crippen molar-refractivity contribution in [3.8, 4) is 0 Å². The van der Waals surface area contributed by atoms with Crippen LogP contribution in [-0.4, -0.2) is 41.3 Å². The van der Waals surface area contributed by atoms with Gasteiger partial charge in [0.1, 0.15) is 11.1 Å². The molecule has 0 fully saturated rings. The maximum atomic E-state index is 12.0. The normalized spacial score (nSPS) is 12.3. The Bertz CT molecular complexity index is 519. The first-order chi connectivity index (χ1) is 9.23. The van der Waals surface area contributed by atoms with Gasteiger partial charge < -0.3 is 15.5 Å². The van der Waals surface area contributed by atoms with Crippen molar-refractivity contribution in [3.63, 3.8) is 0 Å². The van der Waals surface area contributed by atoms with Crippen LogP contribution < -0.4 is 10.6 Å².